The number of aromatic nitrogens is 5. The summed E-state index contributed by atoms with van der Waals surface area (Å²) in [6, 6.07) is 15.9. The first-order valence-corrected chi connectivity index (χ1v) is 10.9. The number of hydrogen-bond acceptors (Lipinski definition) is 7. The van der Waals surface area contributed by atoms with Crippen molar-refractivity contribution in [2.75, 3.05) is 12.0 Å². The first-order valence-electron chi connectivity index (χ1n) is 10.9. The van der Waals surface area contributed by atoms with E-state index in [1.165, 1.54) is 0 Å². The lowest BCUT2D eigenvalue weighted by atomic mass is 10.0. The molecule has 1 fully saturated rings. The van der Waals surface area contributed by atoms with Gasteiger partial charge in [-0.1, -0.05) is 29.5 Å². The van der Waals surface area contributed by atoms with Gasteiger partial charge in [0.25, 0.3) is 0 Å². The number of anilines is 1. The van der Waals surface area contributed by atoms with Crippen LogP contribution in [0.25, 0.3) is 16.8 Å². The second kappa shape index (κ2) is 8.51. The molecule has 2 aromatic carbocycles. The van der Waals surface area contributed by atoms with Gasteiger partial charge in [0.1, 0.15) is 5.56 Å². The molecule has 1 saturated carbocycles. The molecule has 0 saturated heterocycles. The molecule has 0 radical (unpaired) electrons. The van der Waals surface area contributed by atoms with Gasteiger partial charge in [-0.2, -0.15) is 5.10 Å². The van der Waals surface area contributed by atoms with Gasteiger partial charge < -0.3 is 10.2 Å². The molecule has 5 rings (SSSR count). The molecule has 2 aromatic heterocycles. The SMILES string of the molecule is CCOC(=O)c1cnn(-c2cccc(-c3cccc(NN)c3)c2)c1[C@H]1C[C@@H]1c1cn(C)nn1. The second-order valence-corrected chi connectivity index (χ2v) is 8.12. The number of nitrogens with zero attached hydrogens (tertiary/aromatic N) is 5. The van der Waals surface area contributed by atoms with E-state index in [1.807, 2.05) is 60.4 Å². The van der Waals surface area contributed by atoms with Gasteiger partial charge in [0.2, 0.25) is 0 Å². The third-order valence-electron chi connectivity index (χ3n) is 5.90. The Bertz CT molecular complexity index is 1310. The minimum Gasteiger partial charge on any atom is -0.462 e. The van der Waals surface area contributed by atoms with Gasteiger partial charge in [-0.15, -0.1) is 5.10 Å². The monoisotopic (exact) mass is 443 g/mol. The van der Waals surface area contributed by atoms with Crippen LogP contribution in [0.15, 0.2) is 60.9 Å². The van der Waals surface area contributed by atoms with E-state index < -0.39 is 0 Å². The molecule has 0 bridgehead atoms. The molecule has 0 spiro atoms. The summed E-state index contributed by atoms with van der Waals surface area (Å²) in [5, 5.41) is 12.9. The van der Waals surface area contributed by atoms with Crippen LogP contribution in [0.3, 0.4) is 0 Å². The van der Waals surface area contributed by atoms with Crippen LogP contribution in [0.4, 0.5) is 5.69 Å². The summed E-state index contributed by atoms with van der Waals surface area (Å²) in [5.74, 6) is 5.52. The molecule has 9 nitrogen and oxygen atoms in total. The number of carbonyl (C=O) groups is 1. The van der Waals surface area contributed by atoms with Crippen molar-refractivity contribution in [2.24, 2.45) is 12.9 Å². The molecule has 1 aliphatic rings. The van der Waals surface area contributed by atoms with Crippen LogP contribution in [0.1, 0.15) is 46.9 Å². The summed E-state index contributed by atoms with van der Waals surface area (Å²) in [6.45, 7) is 2.11. The Morgan fingerprint density at radius 3 is 2.70 bits per heavy atom. The predicted octanol–water partition coefficient (Wildman–Crippen LogP) is 3.40. The normalized spacial score (nSPS) is 17.1. The first kappa shape index (κ1) is 20.9. The minimum atomic E-state index is -0.360. The average Bonchev–Trinajstić information content (AvgIpc) is 3.29. The highest BCUT2D eigenvalue weighted by Gasteiger charge is 2.46. The van der Waals surface area contributed by atoms with Crippen LogP contribution in [-0.2, 0) is 11.8 Å². The number of hydrogen-bond donors (Lipinski definition) is 2. The van der Waals surface area contributed by atoms with Crippen LogP contribution in [0.2, 0.25) is 0 Å². The lowest BCUT2D eigenvalue weighted by molar-refractivity contribution is 0.0525. The Morgan fingerprint density at radius 2 is 1.97 bits per heavy atom. The number of esters is 1. The van der Waals surface area contributed by atoms with Gasteiger partial charge in [-0.25, -0.2) is 9.48 Å². The number of carbonyl (C=O) groups excluding carboxylic acids is 1. The number of rotatable bonds is 7. The summed E-state index contributed by atoms with van der Waals surface area (Å²) in [7, 11) is 1.85. The quantitative estimate of drug-likeness (QED) is 0.256. The van der Waals surface area contributed by atoms with Gasteiger partial charge in [-0.3, -0.25) is 10.5 Å². The zero-order valence-electron chi connectivity index (χ0n) is 18.5. The Kier molecular flexibility index (Phi) is 5.39. The van der Waals surface area contributed by atoms with Crippen molar-refractivity contribution in [2.45, 2.75) is 25.2 Å². The Hall–Kier alpha value is -3.98. The van der Waals surface area contributed by atoms with Crippen molar-refractivity contribution in [1.29, 1.82) is 0 Å². The highest BCUT2D eigenvalue weighted by Crippen LogP contribution is 2.55. The number of nitrogen functional groups attached to an aromatic ring is 1. The molecular formula is C24H25N7O2. The van der Waals surface area contributed by atoms with Gasteiger partial charge in [0, 0.05) is 30.8 Å². The number of aryl methyl sites for hydroxylation is 1. The molecule has 2 atom stereocenters. The van der Waals surface area contributed by atoms with E-state index in [-0.39, 0.29) is 17.8 Å². The number of benzene rings is 2. The van der Waals surface area contributed by atoms with Crippen LogP contribution in [-0.4, -0.2) is 37.4 Å². The van der Waals surface area contributed by atoms with E-state index in [0.717, 1.165) is 40.3 Å². The van der Waals surface area contributed by atoms with Gasteiger partial charge in [0.05, 0.1) is 29.9 Å². The fourth-order valence-electron chi connectivity index (χ4n) is 4.25. The average molecular weight is 444 g/mol. The molecule has 0 aliphatic heterocycles. The number of nitrogens with one attached hydrogen (secondary N) is 1. The van der Waals surface area contributed by atoms with Gasteiger partial charge in [-0.05, 0) is 48.7 Å². The minimum absolute atomic E-state index is 0.108. The fourth-order valence-corrected chi connectivity index (χ4v) is 4.25. The van der Waals surface area contributed by atoms with Crippen LogP contribution in [0.5, 0.6) is 0 Å². The summed E-state index contributed by atoms with van der Waals surface area (Å²) < 4.78 is 8.86. The molecule has 3 N–H and O–H groups in total. The van der Waals surface area contributed by atoms with Crippen molar-refractivity contribution >= 4 is 11.7 Å². The number of nitrogens with two attached hydrogens (primary N) is 1. The Labute approximate surface area is 191 Å². The number of ether oxygens (including phenoxy) is 1. The van der Waals surface area contributed by atoms with Crippen LogP contribution >= 0.6 is 0 Å². The summed E-state index contributed by atoms with van der Waals surface area (Å²) in [4.78, 5) is 12.7. The van der Waals surface area contributed by atoms with Gasteiger partial charge in [0.15, 0.2) is 0 Å². The lowest BCUT2D eigenvalue weighted by Crippen LogP contribution is -2.09. The molecule has 168 valence electrons. The third kappa shape index (κ3) is 3.98. The van der Waals surface area contributed by atoms with Crippen molar-refractivity contribution in [3.63, 3.8) is 0 Å². The van der Waals surface area contributed by atoms with Gasteiger partial charge >= 0.3 is 5.97 Å². The highest BCUT2D eigenvalue weighted by atomic mass is 16.5. The number of hydrazine groups is 1. The summed E-state index contributed by atoms with van der Waals surface area (Å²) in [6.07, 6.45) is 4.40. The standard InChI is InChI=1S/C24H25N7O2/c1-3-33-24(32)21-13-26-31(23(21)20-12-19(20)22-14-30(2)29-28-22)18-9-5-7-16(11-18)15-6-4-8-17(10-15)27-25/h4-11,13-14,19-20,27H,3,12,25H2,1-2H3/t19-,20-/m0/s1. The van der Waals surface area contributed by atoms with Crippen molar-refractivity contribution < 1.29 is 9.53 Å². The second-order valence-electron chi connectivity index (χ2n) is 8.12. The Balaban J connectivity index is 1.55. The Morgan fingerprint density at radius 1 is 1.18 bits per heavy atom. The van der Waals surface area contributed by atoms with Crippen molar-refractivity contribution in [3.8, 4) is 16.8 Å². The molecule has 1 aliphatic carbocycles. The van der Waals surface area contributed by atoms with E-state index in [4.69, 9.17) is 10.6 Å². The topological polar surface area (TPSA) is 113 Å². The molecule has 0 amide bonds. The zero-order chi connectivity index (χ0) is 22.9. The van der Waals surface area contributed by atoms with E-state index >= 15 is 0 Å². The summed E-state index contributed by atoms with van der Waals surface area (Å²) in [5.41, 5.74) is 8.68. The summed E-state index contributed by atoms with van der Waals surface area (Å²) >= 11 is 0. The predicted molar refractivity (Wildman–Crippen MR) is 124 cm³/mol. The van der Waals surface area contributed by atoms with Crippen LogP contribution in [0, 0.1) is 0 Å². The van der Waals surface area contributed by atoms with E-state index in [0.29, 0.717) is 12.2 Å². The van der Waals surface area contributed by atoms with Crippen molar-refractivity contribution in [3.05, 3.63) is 77.9 Å². The molecular weight excluding hydrogens is 418 g/mol. The van der Waals surface area contributed by atoms with Crippen molar-refractivity contribution in [1.82, 2.24) is 24.8 Å². The van der Waals surface area contributed by atoms with Crippen LogP contribution < -0.4 is 11.3 Å². The zero-order valence-corrected chi connectivity index (χ0v) is 18.5. The maximum absolute atomic E-state index is 12.7. The van der Waals surface area contributed by atoms with E-state index in [9.17, 15) is 4.79 Å². The molecule has 0 unspecified atom stereocenters. The lowest BCUT2D eigenvalue weighted by Gasteiger charge is -2.12. The molecule has 33 heavy (non-hydrogen) atoms. The smallest absolute Gasteiger partial charge is 0.341 e. The molecule has 4 aromatic rings. The van der Waals surface area contributed by atoms with E-state index in [1.54, 1.807) is 17.8 Å². The fraction of sp³-hybridized carbons (Fsp3) is 0.250. The van der Waals surface area contributed by atoms with E-state index in [2.05, 4.69) is 26.9 Å². The first-order chi connectivity index (χ1) is 16.1. The molecule has 9 heteroatoms. The maximum Gasteiger partial charge on any atom is 0.341 e. The largest absolute Gasteiger partial charge is 0.462 e. The third-order valence-corrected chi connectivity index (χ3v) is 5.90. The molecule has 2 heterocycles. The maximum atomic E-state index is 12.7. The highest BCUT2D eigenvalue weighted by molar-refractivity contribution is 5.91.